The van der Waals surface area contributed by atoms with Crippen LogP contribution < -0.4 is 0 Å². The molecule has 0 amide bonds. The van der Waals surface area contributed by atoms with Gasteiger partial charge in [-0.15, -0.1) is 0 Å². The molecule has 0 bridgehead atoms. The Morgan fingerprint density at radius 3 is 2.79 bits per heavy atom. The minimum Gasteiger partial charge on any atom is -0.438 e. The van der Waals surface area contributed by atoms with Crippen LogP contribution in [0.15, 0.2) is 41.3 Å². The fourth-order valence-corrected chi connectivity index (χ4v) is 2.51. The number of pyridine rings is 1. The zero-order valence-electron chi connectivity index (χ0n) is 11.1. The normalized spacial score (nSPS) is 11.7. The number of hydrogen-bond donors (Lipinski definition) is 0. The summed E-state index contributed by atoms with van der Waals surface area (Å²) in [5.41, 5.74) is 4.70. The Morgan fingerprint density at radius 1 is 1.26 bits per heavy atom. The molecule has 2 heterocycles. The Balaban J connectivity index is 2.52. The molecule has 3 rings (SSSR count). The Bertz CT molecular complexity index is 809. The van der Waals surface area contributed by atoms with E-state index in [1.165, 1.54) is 0 Å². The third-order valence-corrected chi connectivity index (χ3v) is 3.38. The van der Waals surface area contributed by atoms with Gasteiger partial charge >= 0.3 is 0 Å². The van der Waals surface area contributed by atoms with Crippen molar-refractivity contribution in [1.29, 1.82) is 0 Å². The third-order valence-electron chi connectivity index (χ3n) is 3.38. The van der Waals surface area contributed by atoms with Gasteiger partial charge in [0.15, 0.2) is 0 Å². The lowest BCUT2D eigenvalue weighted by atomic mass is 10.0. The van der Waals surface area contributed by atoms with Crippen molar-refractivity contribution in [1.82, 2.24) is 4.98 Å². The van der Waals surface area contributed by atoms with Crippen LogP contribution in [0.3, 0.4) is 0 Å². The number of nitrogens with zero attached hydrogens (tertiary/aromatic N) is 1. The van der Waals surface area contributed by atoms with Crippen LogP contribution in [0.1, 0.15) is 23.7 Å². The SMILES string of the molecule is C=Cc1c(/C=C\C)nc2oc3ccccc3c2c1C. The highest BCUT2D eigenvalue weighted by molar-refractivity contribution is 6.06. The van der Waals surface area contributed by atoms with Crippen LogP contribution in [0.4, 0.5) is 0 Å². The van der Waals surface area contributed by atoms with E-state index < -0.39 is 0 Å². The number of aromatic nitrogens is 1. The van der Waals surface area contributed by atoms with Crippen molar-refractivity contribution < 1.29 is 4.42 Å². The van der Waals surface area contributed by atoms with E-state index in [2.05, 4.69) is 24.6 Å². The second-order valence-corrected chi connectivity index (χ2v) is 4.52. The molecular formula is C17H15NO. The minimum atomic E-state index is 0.692. The van der Waals surface area contributed by atoms with Crippen molar-refractivity contribution in [3.63, 3.8) is 0 Å². The number of furan rings is 1. The molecule has 0 saturated heterocycles. The van der Waals surface area contributed by atoms with Gasteiger partial charge in [0.25, 0.3) is 0 Å². The summed E-state index contributed by atoms with van der Waals surface area (Å²) in [5, 5.41) is 2.19. The molecule has 0 fully saturated rings. The van der Waals surface area contributed by atoms with Crippen LogP contribution >= 0.6 is 0 Å². The van der Waals surface area contributed by atoms with Gasteiger partial charge in [0.2, 0.25) is 5.71 Å². The largest absolute Gasteiger partial charge is 0.438 e. The highest BCUT2D eigenvalue weighted by Gasteiger charge is 2.14. The molecule has 2 heteroatoms. The molecular weight excluding hydrogens is 234 g/mol. The molecule has 0 atom stereocenters. The maximum Gasteiger partial charge on any atom is 0.228 e. The van der Waals surface area contributed by atoms with Crippen LogP contribution in [0.2, 0.25) is 0 Å². The summed E-state index contributed by atoms with van der Waals surface area (Å²) in [4.78, 5) is 4.61. The van der Waals surface area contributed by atoms with E-state index in [1.54, 1.807) is 0 Å². The number of aryl methyl sites for hydroxylation is 1. The monoisotopic (exact) mass is 249 g/mol. The van der Waals surface area contributed by atoms with E-state index >= 15 is 0 Å². The molecule has 2 nitrogen and oxygen atoms in total. The second kappa shape index (κ2) is 4.39. The van der Waals surface area contributed by atoms with E-state index in [9.17, 15) is 0 Å². The lowest BCUT2D eigenvalue weighted by Crippen LogP contribution is -1.92. The molecule has 0 radical (unpaired) electrons. The summed E-state index contributed by atoms with van der Waals surface area (Å²) in [6.45, 7) is 7.97. The standard InChI is InChI=1S/C17H15NO/c1-4-8-14-12(5-2)11(3)16-13-9-6-7-10-15(13)19-17(16)18-14/h4-10H,2H2,1,3H3/b8-4-. The van der Waals surface area contributed by atoms with Crippen LogP contribution in [-0.4, -0.2) is 4.98 Å². The summed E-state index contributed by atoms with van der Waals surface area (Å²) in [6, 6.07) is 8.03. The minimum absolute atomic E-state index is 0.692. The fourth-order valence-electron chi connectivity index (χ4n) is 2.51. The van der Waals surface area contributed by atoms with Crippen LogP contribution in [0.25, 0.3) is 34.2 Å². The second-order valence-electron chi connectivity index (χ2n) is 4.52. The number of allylic oxidation sites excluding steroid dienone is 1. The predicted octanol–water partition coefficient (Wildman–Crippen LogP) is 4.97. The first-order chi connectivity index (χ1) is 9.26. The van der Waals surface area contributed by atoms with Crippen molar-refractivity contribution in [2.75, 3.05) is 0 Å². The number of benzene rings is 1. The Labute approximate surface area is 112 Å². The topological polar surface area (TPSA) is 26.0 Å². The first-order valence-electron chi connectivity index (χ1n) is 6.33. The summed E-state index contributed by atoms with van der Waals surface area (Å²) < 4.78 is 5.84. The van der Waals surface area contributed by atoms with Crippen molar-refractivity contribution >= 4 is 34.2 Å². The van der Waals surface area contributed by atoms with E-state index in [0.29, 0.717) is 5.71 Å². The average molecular weight is 249 g/mol. The molecule has 0 aliphatic rings. The molecule has 0 N–H and O–H groups in total. The molecule has 0 saturated carbocycles. The van der Waals surface area contributed by atoms with Crippen molar-refractivity contribution in [3.8, 4) is 0 Å². The van der Waals surface area contributed by atoms with Gasteiger partial charge < -0.3 is 4.42 Å². The Morgan fingerprint density at radius 2 is 2.05 bits per heavy atom. The number of hydrogen-bond acceptors (Lipinski definition) is 2. The Hall–Kier alpha value is -2.35. The lowest BCUT2D eigenvalue weighted by Gasteiger charge is -2.05. The molecule has 0 aliphatic heterocycles. The highest BCUT2D eigenvalue weighted by atomic mass is 16.3. The molecule has 0 spiro atoms. The summed E-state index contributed by atoms with van der Waals surface area (Å²) in [5.74, 6) is 0. The van der Waals surface area contributed by atoms with Crippen LogP contribution in [0, 0.1) is 6.92 Å². The zero-order valence-corrected chi connectivity index (χ0v) is 11.1. The first kappa shape index (κ1) is 11.7. The molecule has 3 aromatic rings. The molecule has 1 aromatic carbocycles. The number of para-hydroxylation sites is 1. The molecule has 0 unspecified atom stereocenters. The summed E-state index contributed by atoms with van der Waals surface area (Å²) >= 11 is 0. The summed E-state index contributed by atoms with van der Waals surface area (Å²) in [7, 11) is 0. The van der Waals surface area contributed by atoms with Gasteiger partial charge in [-0.3, -0.25) is 0 Å². The van der Waals surface area contributed by atoms with Gasteiger partial charge in [0.05, 0.1) is 11.1 Å². The van der Waals surface area contributed by atoms with Gasteiger partial charge in [-0.2, -0.15) is 0 Å². The summed E-state index contributed by atoms with van der Waals surface area (Å²) in [6.07, 6.45) is 5.82. The molecule has 2 aromatic heterocycles. The Kier molecular flexibility index (Phi) is 2.71. The quantitative estimate of drug-likeness (QED) is 0.641. The van der Waals surface area contributed by atoms with Gasteiger partial charge in [0.1, 0.15) is 5.58 Å². The fraction of sp³-hybridized carbons (Fsp3) is 0.118. The lowest BCUT2D eigenvalue weighted by molar-refractivity contribution is 0.653. The number of rotatable bonds is 2. The third kappa shape index (κ3) is 1.68. The maximum atomic E-state index is 5.84. The van der Waals surface area contributed by atoms with Gasteiger partial charge in [0, 0.05) is 10.9 Å². The van der Waals surface area contributed by atoms with Crippen molar-refractivity contribution in [3.05, 3.63) is 53.7 Å². The van der Waals surface area contributed by atoms with Crippen LogP contribution in [0.5, 0.6) is 0 Å². The van der Waals surface area contributed by atoms with Crippen molar-refractivity contribution in [2.45, 2.75) is 13.8 Å². The predicted molar refractivity (Wildman–Crippen MR) is 81.1 cm³/mol. The zero-order chi connectivity index (χ0) is 13.4. The van der Waals surface area contributed by atoms with Crippen molar-refractivity contribution in [2.24, 2.45) is 0 Å². The van der Waals surface area contributed by atoms with Gasteiger partial charge in [-0.25, -0.2) is 4.98 Å². The molecule has 19 heavy (non-hydrogen) atoms. The first-order valence-corrected chi connectivity index (χ1v) is 6.33. The van der Waals surface area contributed by atoms with E-state index in [-0.39, 0.29) is 0 Å². The average Bonchev–Trinajstić information content (AvgIpc) is 2.77. The maximum absolute atomic E-state index is 5.84. The van der Waals surface area contributed by atoms with Crippen LogP contribution in [-0.2, 0) is 0 Å². The van der Waals surface area contributed by atoms with Gasteiger partial charge in [-0.05, 0) is 31.6 Å². The molecule has 94 valence electrons. The van der Waals surface area contributed by atoms with Gasteiger partial charge in [-0.1, -0.05) is 36.9 Å². The van der Waals surface area contributed by atoms with E-state index in [4.69, 9.17) is 4.42 Å². The molecule has 0 aliphatic carbocycles. The van der Waals surface area contributed by atoms with E-state index in [1.807, 2.05) is 43.4 Å². The highest BCUT2D eigenvalue weighted by Crippen LogP contribution is 2.33. The van der Waals surface area contributed by atoms with E-state index in [0.717, 1.165) is 33.2 Å². The smallest absolute Gasteiger partial charge is 0.228 e. The number of fused-ring (bicyclic) bond motifs is 3.